The van der Waals surface area contributed by atoms with Crippen molar-refractivity contribution in [3.05, 3.63) is 35.5 Å². The highest BCUT2D eigenvalue weighted by Gasteiger charge is 2.23. The Balaban J connectivity index is 1.75. The van der Waals surface area contributed by atoms with Gasteiger partial charge in [-0.25, -0.2) is 4.98 Å². The van der Waals surface area contributed by atoms with Crippen LogP contribution in [0, 0.1) is 11.3 Å². The van der Waals surface area contributed by atoms with E-state index in [0.717, 1.165) is 56.1 Å². The molecule has 1 saturated heterocycles. The molecule has 0 atom stereocenters. The van der Waals surface area contributed by atoms with E-state index in [1.54, 1.807) is 0 Å². The second-order valence-electron chi connectivity index (χ2n) is 6.15. The molecular weight excluding hydrogens is 314 g/mol. The lowest BCUT2D eigenvalue weighted by Crippen LogP contribution is -2.47. The van der Waals surface area contributed by atoms with E-state index in [1.165, 1.54) is 0 Å². The van der Waals surface area contributed by atoms with Crippen LogP contribution in [0.2, 0.25) is 0 Å². The van der Waals surface area contributed by atoms with E-state index < -0.39 is 0 Å². The van der Waals surface area contributed by atoms with E-state index in [9.17, 15) is 0 Å². The Hall–Kier alpha value is -3.01. The summed E-state index contributed by atoms with van der Waals surface area (Å²) in [5, 5.41) is 8.91. The zero-order valence-corrected chi connectivity index (χ0v) is 14.4. The van der Waals surface area contributed by atoms with Crippen molar-refractivity contribution in [3.63, 3.8) is 0 Å². The topological polar surface area (TPSA) is 108 Å². The Bertz CT molecular complexity index is 771. The number of nitriles is 1. The molecule has 0 saturated carbocycles. The Morgan fingerprint density at radius 2 is 1.68 bits per heavy atom. The molecule has 130 valence electrons. The first kappa shape index (κ1) is 16.8. The molecule has 1 aromatic heterocycles. The van der Waals surface area contributed by atoms with Crippen LogP contribution >= 0.6 is 0 Å². The van der Waals surface area contributed by atoms with Crippen LogP contribution in [0.4, 0.5) is 23.1 Å². The highest BCUT2D eigenvalue weighted by Crippen LogP contribution is 2.29. The molecular formula is C18H23N7. The smallest absolute Gasteiger partial charge is 0.222 e. The normalized spacial score (nSPS) is 14.4. The van der Waals surface area contributed by atoms with Crippen molar-refractivity contribution in [1.82, 2.24) is 9.97 Å². The van der Waals surface area contributed by atoms with Gasteiger partial charge >= 0.3 is 0 Å². The average molecular weight is 337 g/mol. The van der Waals surface area contributed by atoms with Crippen molar-refractivity contribution in [2.24, 2.45) is 0 Å². The molecule has 0 aliphatic carbocycles. The van der Waals surface area contributed by atoms with E-state index in [1.807, 2.05) is 24.3 Å². The second kappa shape index (κ2) is 7.26. The first-order valence-electron chi connectivity index (χ1n) is 8.54. The molecule has 3 rings (SSSR count). The SMILES string of the molecule is CCCc1nc(N)nc(N)c1N1CCN(c2ccc(C#N)cc2)CC1. The van der Waals surface area contributed by atoms with Gasteiger partial charge in [0.1, 0.15) is 5.69 Å². The van der Waals surface area contributed by atoms with E-state index in [-0.39, 0.29) is 5.95 Å². The summed E-state index contributed by atoms with van der Waals surface area (Å²) in [6.07, 6.45) is 1.82. The molecule has 1 aromatic carbocycles. The molecule has 1 fully saturated rings. The third-order valence-corrected chi connectivity index (χ3v) is 4.44. The number of rotatable bonds is 4. The van der Waals surface area contributed by atoms with Gasteiger partial charge < -0.3 is 21.3 Å². The molecule has 2 heterocycles. The minimum Gasteiger partial charge on any atom is -0.382 e. The van der Waals surface area contributed by atoms with Gasteiger partial charge in [-0.2, -0.15) is 10.2 Å². The molecule has 1 aliphatic rings. The van der Waals surface area contributed by atoms with Gasteiger partial charge in [0.25, 0.3) is 0 Å². The van der Waals surface area contributed by atoms with Crippen molar-refractivity contribution < 1.29 is 0 Å². The zero-order valence-electron chi connectivity index (χ0n) is 14.4. The zero-order chi connectivity index (χ0) is 17.8. The van der Waals surface area contributed by atoms with Crippen molar-refractivity contribution in [2.45, 2.75) is 19.8 Å². The van der Waals surface area contributed by atoms with Crippen molar-refractivity contribution >= 4 is 23.1 Å². The first-order valence-corrected chi connectivity index (χ1v) is 8.54. The van der Waals surface area contributed by atoms with Crippen molar-refractivity contribution in [1.29, 1.82) is 5.26 Å². The van der Waals surface area contributed by atoms with E-state index >= 15 is 0 Å². The van der Waals surface area contributed by atoms with Gasteiger partial charge in [0.15, 0.2) is 5.82 Å². The Labute approximate surface area is 147 Å². The summed E-state index contributed by atoms with van der Waals surface area (Å²) in [5.41, 5.74) is 15.6. The standard InChI is InChI=1S/C18H23N7/c1-2-3-15-16(17(20)23-18(21)22-15)25-10-8-24(9-11-25)14-6-4-13(12-19)5-7-14/h4-7H,2-3,8-11H2,1H3,(H4,20,21,22,23). The molecule has 1 aliphatic heterocycles. The number of benzene rings is 1. The molecule has 0 unspecified atom stereocenters. The number of piperazine rings is 1. The minimum atomic E-state index is 0.237. The van der Waals surface area contributed by atoms with Gasteiger partial charge in [-0.15, -0.1) is 0 Å². The molecule has 2 aromatic rings. The van der Waals surface area contributed by atoms with Crippen LogP contribution < -0.4 is 21.3 Å². The van der Waals surface area contributed by atoms with E-state index in [0.29, 0.717) is 11.4 Å². The second-order valence-corrected chi connectivity index (χ2v) is 6.15. The lowest BCUT2D eigenvalue weighted by atomic mass is 10.1. The van der Waals surface area contributed by atoms with Crippen LogP contribution in [0.3, 0.4) is 0 Å². The van der Waals surface area contributed by atoms with Crippen molar-refractivity contribution in [2.75, 3.05) is 47.4 Å². The summed E-state index contributed by atoms with van der Waals surface area (Å²) in [6.45, 7) is 5.55. The summed E-state index contributed by atoms with van der Waals surface area (Å²) in [4.78, 5) is 13.1. The number of hydrogen-bond donors (Lipinski definition) is 2. The summed E-state index contributed by atoms with van der Waals surface area (Å²) >= 11 is 0. The van der Waals surface area contributed by atoms with Crippen molar-refractivity contribution in [3.8, 4) is 6.07 Å². The van der Waals surface area contributed by atoms with Crippen LogP contribution in [0.1, 0.15) is 24.6 Å². The summed E-state index contributed by atoms with van der Waals surface area (Å²) in [5.74, 6) is 0.698. The molecule has 0 bridgehead atoms. The predicted octanol–water partition coefficient (Wildman–Crippen LogP) is 1.79. The minimum absolute atomic E-state index is 0.237. The lowest BCUT2D eigenvalue weighted by Gasteiger charge is -2.38. The van der Waals surface area contributed by atoms with Gasteiger partial charge in [-0.05, 0) is 30.7 Å². The van der Waals surface area contributed by atoms with Crippen LogP contribution in [-0.2, 0) is 6.42 Å². The number of aryl methyl sites for hydroxylation is 1. The number of aromatic nitrogens is 2. The Kier molecular flexibility index (Phi) is 4.89. The van der Waals surface area contributed by atoms with Gasteiger partial charge in [-0.1, -0.05) is 13.3 Å². The molecule has 0 spiro atoms. The largest absolute Gasteiger partial charge is 0.382 e. The fraction of sp³-hybridized carbons (Fsp3) is 0.389. The molecule has 25 heavy (non-hydrogen) atoms. The summed E-state index contributed by atoms with van der Waals surface area (Å²) < 4.78 is 0. The van der Waals surface area contributed by atoms with E-state index in [2.05, 4.69) is 32.8 Å². The fourth-order valence-corrected chi connectivity index (χ4v) is 3.23. The summed E-state index contributed by atoms with van der Waals surface area (Å²) in [7, 11) is 0. The van der Waals surface area contributed by atoms with Crippen LogP contribution in [0.5, 0.6) is 0 Å². The van der Waals surface area contributed by atoms with Crippen LogP contribution in [-0.4, -0.2) is 36.1 Å². The number of nitrogen functional groups attached to an aromatic ring is 2. The number of nitrogens with zero attached hydrogens (tertiary/aromatic N) is 5. The Morgan fingerprint density at radius 1 is 1.04 bits per heavy atom. The third-order valence-electron chi connectivity index (χ3n) is 4.44. The van der Waals surface area contributed by atoms with Gasteiger partial charge in [0, 0.05) is 31.9 Å². The van der Waals surface area contributed by atoms with Crippen LogP contribution in [0.25, 0.3) is 0 Å². The van der Waals surface area contributed by atoms with E-state index in [4.69, 9.17) is 16.7 Å². The van der Waals surface area contributed by atoms with Crippen LogP contribution in [0.15, 0.2) is 24.3 Å². The maximum atomic E-state index is 8.91. The predicted molar refractivity (Wildman–Crippen MR) is 100 cm³/mol. The lowest BCUT2D eigenvalue weighted by molar-refractivity contribution is 0.648. The maximum absolute atomic E-state index is 8.91. The average Bonchev–Trinajstić information content (AvgIpc) is 2.62. The fourth-order valence-electron chi connectivity index (χ4n) is 3.23. The Morgan fingerprint density at radius 3 is 2.28 bits per heavy atom. The first-order chi connectivity index (χ1) is 12.1. The maximum Gasteiger partial charge on any atom is 0.222 e. The quantitative estimate of drug-likeness (QED) is 0.875. The molecule has 7 heteroatoms. The highest BCUT2D eigenvalue weighted by atomic mass is 15.3. The molecule has 4 N–H and O–H groups in total. The summed E-state index contributed by atoms with van der Waals surface area (Å²) in [6, 6.07) is 9.85. The third kappa shape index (κ3) is 3.58. The molecule has 0 radical (unpaired) electrons. The number of anilines is 4. The number of hydrogen-bond acceptors (Lipinski definition) is 7. The number of nitrogens with two attached hydrogens (primary N) is 2. The monoisotopic (exact) mass is 337 g/mol. The highest BCUT2D eigenvalue weighted by molar-refractivity contribution is 5.68. The molecule has 7 nitrogen and oxygen atoms in total. The van der Waals surface area contributed by atoms with Gasteiger partial charge in [-0.3, -0.25) is 0 Å². The van der Waals surface area contributed by atoms with Gasteiger partial charge in [0.05, 0.1) is 17.3 Å². The molecule has 0 amide bonds. The van der Waals surface area contributed by atoms with Gasteiger partial charge in [0.2, 0.25) is 5.95 Å².